The number of nitrogens with one attached hydrogen (secondary N) is 1. The normalized spacial score (nSPS) is 16.3. The number of rotatable bonds is 6. The van der Waals surface area contributed by atoms with Gasteiger partial charge in [-0.1, -0.05) is 12.1 Å². The number of hydrogen-bond acceptors (Lipinski definition) is 3. The molecule has 0 radical (unpaired) electrons. The van der Waals surface area contributed by atoms with Crippen molar-refractivity contribution >= 4 is 17.4 Å². The van der Waals surface area contributed by atoms with Crippen molar-refractivity contribution in [1.82, 2.24) is 5.32 Å². The van der Waals surface area contributed by atoms with Gasteiger partial charge in [-0.25, -0.2) is 0 Å². The Kier molecular flexibility index (Phi) is 5.59. The molecule has 1 aliphatic rings. The summed E-state index contributed by atoms with van der Waals surface area (Å²) in [6, 6.07) is 7.55. The van der Waals surface area contributed by atoms with E-state index >= 15 is 0 Å². The molecule has 0 bridgehead atoms. The zero-order chi connectivity index (χ0) is 13.7. The lowest BCUT2D eigenvalue weighted by atomic mass is 9.99. The van der Waals surface area contributed by atoms with E-state index in [0.717, 1.165) is 6.54 Å². The van der Waals surface area contributed by atoms with Gasteiger partial charge in [-0.3, -0.25) is 0 Å². The average molecular weight is 278 g/mol. The van der Waals surface area contributed by atoms with E-state index in [9.17, 15) is 0 Å². The molecule has 3 heteroatoms. The van der Waals surface area contributed by atoms with Gasteiger partial charge in [0.05, 0.1) is 0 Å². The molecular weight excluding hydrogens is 252 g/mol. The molecule has 2 rings (SSSR count). The maximum Gasteiger partial charge on any atom is 0.0396 e. The Bertz CT molecular complexity index is 406. The van der Waals surface area contributed by atoms with Crippen molar-refractivity contribution in [2.45, 2.75) is 38.8 Å². The predicted octanol–water partition coefficient (Wildman–Crippen LogP) is 3.30. The molecule has 1 heterocycles. The van der Waals surface area contributed by atoms with Gasteiger partial charge in [-0.15, -0.1) is 0 Å². The van der Waals surface area contributed by atoms with Crippen LogP contribution in [0.1, 0.15) is 30.9 Å². The summed E-state index contributed by atoms with van der Waals surface area (Å²) in [6.07, 6.45) is 5.93. The fourth-order valence-corrected chi connectivity index (χ4v) is 3.23. The summed E-state index contributed by atoms with van der Waals surface area (Å²) < 4.78 is 0. The Hall–Kier alpha value is -0.670. The molecule has 1 aromatic carbocycles. The van der Waals surface area contributed by atoms with Crippen LogP contribution in [0.25, 0.3) is 0 Å². The summed E-state index contributed by atoms with van der Waals surface area (Å²) in [7, 11) is 2.19. The maximum absolute atomic E-state index is 3.62. The predicted molar refractivity (Wildman–Crippen MR) is 87.3 cm³/mol. The largest absolute Gasteiger partial charge is 0.374 e. The first-order valence-electron chi connectivity index (χ1n) is 7.26. The Balaban J connectivity index is 1.91. The quantitative estimate of drug-likeness (QED) is 0.859. The van der Waals surface area contributed by atoms with Crippen molar-refractivity contribution in [3.63, 3.8) is 0 Å². The molecule has 106 valence electrons. The van der Waals surface area contributed by atoms with Crippen LogP contribution in [0, 0.1) is 0 Å². The third kappa shape index (κ3) is 4.15. The molecule has 1 atom stereocenters. The molecule has 19 heavy (non-hydrogen) atoms. The van der Waals surface area contributed by atoms with Gasteiger partial charge in [0.2, 0.25) is 0 Å². The maximum atomic E-state index is 3.62. The first-order chi connectivity index (χ1) is 9.20. The molecule has 0 aromatic heterocycles. The van der Waals surface area contributed by atoms with E-state index in [-0.39, 0.29) is 0 Å². The standard InChI is InChI=1S/C16H26N2S/c1-13(8-10-19-3)17-12-14-6-7-16-15(11-14)5-4-9-18(16)2/h6-7,11,13,17H,4-5,8-10,12H2,1-3H3. The van der Waals surface area contributed by atoms with Crippen molar-refractivity contribution in [3.8, 4) is 0 Å². The van der Waals surface area contributed by atoms with E-state index in [0.29, 0.717) is 6.04 Å². The van der Waals surface area contributed by atoms with E-state index < -0.39 is 0 Å². The Labute approximate surface area is 122 Å². The molecule has 0 aliphatic carbocycles. The molecule has 1 aliphatic heterocycles. The summed E-state index contributed by atoms with van der Waals surface area (Å²) in [4.78, 5) is 2.37. The van der Waals surface area contributed by atoms with E-state index in [4.69, 9.17) is 0 Å². The van der Waals surface area contributed by atoms with Gasteiger partial charge in [0, 0.05) is 31.9 Å². The van der Waals surface area contributed by atoms with Gasteiger partial charge in [-0.2, -0.15) is 11.8 Å². The number of aryl methyl sites for hydroxylation is 1. The highest BCUT2D eigenvalue weighted by molar-refractivity contribution is 7.98. The third-order valence-corrected chi connectivity index (χ3v) is 4.55. The molecular formula is C16H26N2S. The minimum absolute atomic E-state index is 0.603. The fourth-order valence-electron chi connectivity index (χ4n) is 2.64. The smallest absolute Gasteiger partial charge is 0.0396 e. The molecule has 1 unspecified atom stereocenters. The molecule has 0 saturated carbocycles. The summed E-state index contributed by atoms with van der Waals surface area (Å²) in [5, 5.41) is 3.62. The molecule has 0 fully saturated rings. The molecule has 0 amide bonds. The van der Waals surface area contributed by atoms with Gasteiger partial charge in [0.1, 0.15) is 0 Å². The van der Waals surface area contributed by atoms with Crippen molar-refractivity contribution in [1.29, 1.82) is 0 Å². The lowest BCUT2D eigenvalue weighted by Gasteiger charge is -2.28. The van der Waals surface area contributed by atoms with Crippen molar-refractivity contribution in [3.05, 3.63) is 29.3 Å². The lowest BCUT2D eigenvalue weighted by molar-refractivity contribution is 0.537. The summed E-state index contributed by atoms with van der Waals surface area (Å²) in [5.41, 5.74) is 4.36. The number of hydrogen-bond donors (Lipinski definition) is 1. The van der Waals surface area contributed by atoms with Crippen LogP contribution in [0.15, 0.2) is 18.2 Å². The minimum atomic E-state index is 0.603. The van der Waals surface area contributed by atoms with E-state index in [1.807, 2.05) is 11.8 Å². The van der Waals surface area contributed by atoms with Gasteiger partial charge < -0.3 is 10.2 Å². The second kappa shape index (κ2) is 7.20. The first kappa shape index (κ1) is 14.7. The second-order valence-corrected chi connectivity index (χ2v) is 6.54. The summed E-state index contributed by atoms with van der Waals surface area (Å²) in [6.45, 7) is 4.46. The van der Waals surface area contributed by atoms with Crippen LogP contribution in [0.3, 0.4) is 0 Å². The Morgan fingerprint density at radius 2 is 2.26 bits per heavy atom. The van der Waals surface area contributed by atoms with Crippen LogP contribution in [0.2, 0.25) is 0 Å². The Morgan fingerprint density at radius 3 is 3.05 bits per heavy atom. The van der Waals surface area contributed by atoms with Crippen LogP contribution < -0.4 is 10.2 Å². The Morgan fingerprint density at radius 1 is 1.42 bits per heavy atom. The molecule has 0 saturated heterocycles. The number of benzene rings is 1. The van der Waals surface area contributed by atoms with Crippen LogP contribution >= 0.6 is 11.8 Å². The van der Waals surface area contributed by atoms with Gasteiger partial charge in [0.25, 0.3) is 0 Å². The van der Waals surface area contributed by atoms with Crippen LogP contribution in [0.4, 0.5) is 5.69 Å². The number of nitrogens with zero attached hydrogens (tertiary/aromatic N) is 1. The molecule has 1 N–H and O–H groups in total. The van der Waals surface area contributed by atoms with Gasteiger partial charge in [0.15, 0.2) is 0 Å². The molecule has 1 aromatic rings. The number of fused-ring (bicyclic) bond motifs is 1. The van der Waals surface area contributed by atoms with Crippen LogP contribution in [0.5, 0.6) is 0 Å². The number of anilines is 1. The van der Waals surface area contributed by atoms with Crippen molar-refractivity contribution in [2.75, 3.05) is 30.5 Å². The van der Waals surface area contributed by atoms with E-state index in [1.54, 1.807) is 0 Å². The van der Waals surface area contributed by atoms with Crippen LogP contribution in [-0.2, 0) is 13.0 Å². The zero-order valence-corrected chi connectivity index (χ0v) is 13.2. The summed E-state index contributed by atoms with van der Waals surface area (Å²) in [5.74, 6) is 1.24. The molecule has 0 spiro atoms. The average Bonchev–Trinajstić information content (AvgIpc) is 2.43. The minimum Gasteiger partial charge on any atom is -0.374 e. The monoisotopic (exact) mass is 278 g/mol. The van der Waals surface area contributed by atoms with Crippen molar-refractivity contribution < 1.29 is 0 Å². The van der Waals surface area contributed by atoms with Crippen LogP contribution in [-0.4, -0.2) is 31.6 Å². The van der Waals surface area contributed by atoms with Gasteiger partial charge >= 0.3 is 0 Å². The number of thioether (sulfide) groups is 1. The first-order valence-corrected chi connectivity index (χ1v) is 8.65. The topological polar surface area (TPSA) is 15.3 Å². The third-order valence-electron chi connectivity index (χ3n) is 3.90. The van der Waals surface area contributed by atoms with Crippen molar-refractivity contribution in [2.24, 2.45) is 0 Å². The van der Waals surface area contributed by atoms with Gasteiger partial charge in [-0.05, 0) is 55.4 Å². The summed E-state index contributed by atoms with van der Waals surface area (Å²) >= 11 is 1.92. The highest BCUT2D eigenvalue weighted by Crippen LogP contribution is 2.26. The highest BCUT2D eigenvalue weighted by Gasteiger charge is 2.13. The highest BCUT2D eigenvalue weighted by atomic mass is 32.2. The fraction of sp³-hybridized carbons (Fsp3) is 0.625. The SMILES string of the molecule is CSCCC(C)NCc1ccc2c(c1)CCCN2C. The molecule has 2 nitrogen and oxygen atoms in total. The lowest BCUT2D eigenvalue weighted by Crippen LogP contribution is -2.27. The zero-order valence-electron chi connectivity index (χ0n) is 12.4. The second-order valence-electron chi connectivity index (χ2n) is 5.55. The van der Waals surface area contributed by atoms with E-state index in [1.165, 1.54) is 48.4 Å². The van der Waals surface area contributed by atoms with E-state index in [2.05, 4.69) is 48.6 Å².